The summed E-state index contributed by atoms with van der Waals surface area (Å²) in [7, 11) is -4.08. The largest absolute Gasteiger partial charge is 0.486 e. The van der Waals surface area contributed by atoms with Gasteiger partial charge in [-0.3, -0.25) is 19.1 Å². The highest BCUT2D eigenvalue weighted by Crippen LogP contribution is 2.48. The van der Waals surface area contributed by atoms with Crippen LogP contribution in [0.1, 0.15) is 79.6 Å². The van der Waals surface area contributed by atoms with Gasteiger partial charge < -0.3 is 34.5 Å². The maximum absolute atomic E-state index is 14.8. The predicted molar refractivity (Wildman–Crippen MR) is 206 cm³/mol. The fraction of sp³-hybridized carbons (Fsp3) is 0.625. The van der Waals surface area contributed by atoms with E-state index in [4.69, 9.17) is 18.9 Å². The average Bonchev–Trinajstić information content (AvgIpc) is 4.04. The van der Waals surface area contributed by atoms with Crippen molar-refractivity contribution in [3.63, 3.8) is 0 Å². The number of benzene rings is 1. The first kappa shape index (κ1) is 42.3. The Balaban J connectivity index is 1.23. The first-order valence-electron chi connectivity index (χ1n) is 19.9. The Morgan fingerprint density at radius 3 is 2.49 bits per heavy atom. The fourth-order valence-corrected chi connectivity index (χ4v) is 9.35. The zero-order chi connectivity index (χ0) is 42.7. The number of sulfonamides is 1. The number of carbonyl (C=O) groups is 4. The molecule has 4 heterocycles. The van der Waals surface area contributed by atoms with Crippen LogP contribution in [0.4, 0.5) is 18.0 Å². The Hall–Kier alpha value is -4.81. The third-order valence-corrected chi connectivity index (χ3v) is 14.4. The topological polar surface area (TPSA) is 192 Å². The summed E-state index contributed by atoms with van der Waals surface area (Å²) in [4.78, 5) is 62.0. The monoisotopic (exact) mass is 849 g/mol. The molecule has 1 aromatic heterocycles. The minimum Gasteiger partial charge on any atom is -0.486 e. The normalized spacial score (nSPS) is 30.1. The van der Waals surface area contributed by atoms with Crippen molar-refractivity contribution in [1.29, 1.82) is 0 Å². The van der Waals surface area contributed by atoms with E-state index in [1.165, 1.54) is 18.0 Å². The lowest BCUT2D eigenvalue weighted by atomic mass is 9.88. The molecule has 3 fully saturated rings. The number of fused-ring (bicyclic) bond motifs is 5. The van der Waals surface area contributed by atoms with Gasteiger partial charge in [0.1, 0.15) is 36.9 Å². The Bertz CT molecular complexity index is 2160. The van der Waals surface area contributed by atoms with Gasteiger partial charge in [-0.15, -0.1) is 0 Å². The van der Waals surface area contributed by atoms with Gasteiger partial charge in [0.25, 0.3) is 5.91 Å². The molecule has 5 aliphatic rings. The first-order chi connectivity index (χ1) is 27.6. The maximum Gasteiger partial charge on any atom is 0.427 e. The van der Waals surface area contributed by atoms with Gasteiger partial charge >= 0.3 is 12.3 Å². The first-order valence-corrected chi connectivity index (χ1v) is 21.4. The lowest BCUT2D eigenvalue weighted by molar-refractivity contribution is -0.244. The van der Waals surface area contributed by atoms with Crippen LogP contribution in [0.2, 0.25) is 0 Å². The van der Waals surface area contributed by atoms with Crippen LogP contribution in [0.25, 0.3) is 10.8 Å². The third-order valence-electron chi connectivity index (χ3n) is 12.2. The molecular formula is C40H50F3N5O10S. The molecule has 2 aromatic rings. The van der Waals surface area contributed by atoms with Crippen LogP contribution in [0.5, 0.6) is 17.4 Å². The van der Waals surface area contributed by atoms with E-state index in [2.05, 4.69) is 20.3 Å². The van der Waals surface area contributed by atoms with Crippen LogP contribution in [-0.2, 0) is 29.1 Å². The molecule has 15 nitrogen and oxygen atoms in total. The summed E-state index contributed by atoms with van der Waals surface area (Å²) < 4.78 is 91.6. The molecule has 0 spiro atoms. The van der Waals surface area contributed by atoms with Gasteiger partial charge in [-0.1, -0.05) is 26.0 Å². The highest BCUT2D eigenvalue weighted by molar-refractivity contribution is 7.91. The molecule has 0 bridgehead atoms. The number of nitrogens with zero attached hydrogens (tertiary/aromatic N) is 2. The molecule has 7 rings (SSSR count). The van der Waals surface area contributed by atoms with Gasteiger partial charge in [0.2, 0.25) is 33.3 Å². The summed E-state index contributed by atoms with van der Waals surface area (Å²) in [5.74, 6) is -2.50. The van der Waals surface area contributed by atoms with Crippen LogP contribution in [-0.4, -0.2) is 102 Å². The number of nitrogens with one attached hydrogen (secondary N) is 3. The smallest absolute Gasteiger partial charge is 0.427 e. The number of hydrogen-bond donors (Lipinski definition) is 3. The third kappa shape index (κ3) is 8.35. The molecule has 2 saturated carbocycles. The quantitative estimate of drug-likeness (QED) is 0.328. The molecule has 2 aliphatic carbocycles. The lowest BCUT2D eigenvalue weighted by Gasteiger charge is -2.34. The zero-order valence-corrected chi connectivity index (χ0v) is 34.3. The molecule has 7 atom stereocenters. The highest BCUT2D eigenvalue weighted by atomic mass is 32.2. The second kappa shape index (κ2) is 15.3. The van der Waals surface area contributed by atoms with Crippen LogP contribution in [0, 0.1) is 17.8 Å². The zero-order valence-electron chi connectivity index (χ0n) is 33.5. The summed E-state index contributed by atoms with van der Waals surface area (Å²) in [5, 5.41) is 6.39. The van der Waals surface area contributed by atoms with E-state index in [0.29, 0.717) is 81.4 Å². The van der Waals surface area contributed by atoms with E-state index in [0.717, 1.165) is 0 Å². The summed E-state index contributed by atoms with van der Waals surface area (Å²) in [6.45, 7) is 7.02. The number of halogens is 3. The molecule has 1 saturated heterocycles. The van der Waals surface area contributed by atoms with Gasteiger partial charge in [0, 0.05) is 29.3 Å². The number of alkyl carbamates (subject to hydrolysis) is 1. The van der Waals surface area contributed by atoms with Crippen molar-refractivity contribution in [3.05, 3.63) is 36.5 Å². The molecule has 322 valence electrons. The number of alkyl halides is 3. The van der Waals surface area contributed by atoms with Gasteiger partial charge in [-0.25, -0.2) is 18.2 Å². The standard InChI is InChI=1S/C40H50F3N5O10S/c1-22-8-6-7-9-24-20-39(24,35(51)47-59(53,54)38(5)13-14-38)46-32(49)28-19-25(57-33-27-10-11-29-31(56-17-16-55-29)26(27)12-15-44-33)21-48(28)34(50)30(23(2)18-22)45-36(52)58-37(3,4)40(41,42)43/h7,9-12,15,22-25,28,30H,6,8,13-14,16-21H2,1-5H3,(H,45,52)(H,46,49)(H,47,51)/b9-7-/t22-,23-,24-,25?,28+,30+,39-/m1/s1. The van der Waals surface area contributed by atoms with Crippen LogP contribution < -0.4 is 29.6 Å². The fourth-order valence-electron chi connectivity index (χ4n) is 8.03. The molecular weight excluding hydrogens is 800 g/mol. The van der Waals surface area contributed by atoms with E-state index in [1.54, 1.807) is 31.2 Å². The minimum absolute atomic E-state index is 0.0426. The van der Waals surface area contributed by atoms with Crippen molar-refractivity contribution in [1.82, 2.24) is 25.2 Å². The Labute approximate surface area is 340 Å². The Kier molecular flexibility index (Phi) is 11.0. The Morgan fingerprint density at radius 2 is 1.78 bits per heavy atom. The van der Waals surface area contributed by atoms with Crippen molar-refractivity contribution in [2.45, 2.75) is 120 Å². The molecule has 3 aliphatic heterocycles. The molecule has 4 amide bonds. The van der Waals surface area contributed by atoms with Gasteiger partial charge in [0.05, 0.1) is 11.3 Å². The van der Waals surface area contributed by atoms with E-state index >= 15 is 0 Å². The van der Waals surface area contributed by atoms with E-state index in [-0.39, 0.29) is 31.2 Å². The summed E-state index contributed by atoms with van der Waals surface area (Å²) in [6.07, 6.45) is 0.108. The number of carbonyl (C=O) groups excluding carboxylic acids is 4. The second-order valence-corrected chi connectivity index (χ2v) is 19.5. The number of hydrogen-bond acceptors (Lipinski definition) is 11. The molecule has 59 heavy (non-hydrogen) atoms. The number of rotatable bonds is 7. The van der Waals surface area contributed by atoms with E-state index in [9.17, 15) is 40.8 Å². The molecule has 3 N–H and O–H groups in total. The average molecular weight is 850 g/mol. The minimum atomic E-state index is -4.92. The van der Waals surface area contributed by atoms with Gasteiger partial charge in [0.15, 0.2) is 11.5 Å². The van der Waals surface area contributed by atoms with E-state index < -0.39 is 85.9 Å². The summed E-state index contributed by atoms with van der Waals surface area (Å²) in [6, 6.07) is 2.42. The molecule has 1 unspecified atom stereocenters. The molecule has 1 aromatic carbocycles. The van der Waals surface area contributed by atoms with Crippen molar-refractivity contribution in [2.75, 3.05) is 19.8 Å². The number of ether oxygens (including phenoxy) is 4. The molecule has 0 radical (unpaired) electrons. The molecule has 19 heteroatoms. The SMILES string of the molecule is C[C@@H]1CC/C=C\[C@@H]2C[C@@]2(C(=O)NS(=O)(=O)C2(C)CC2)NC(=O)[C@@H]2CC(Oc3nccc4c5c(ccc34)OCCO5)CN2C(=O)[C@@H](NC(=O)OC(C)(C)C(F)(F)F)[C@H](C)C1. The highest BCUT2D eigenvalue weighted by Gasteiger charge is 2.63. The Morgan fingerprint density at radius 1 is 1.05 bits per heavy atom. The van der Waals surface area contributed by atoms with Crippen molar-refractivity contribution in [2.24, 2.45) is 17.8 Å². The summed E-state index contributed by atoms with van der Waals surface area (Å²) >= 11 is 0. The maximum atomic E-state index is 14.8. The number of amides is 4. The van der Waals surface area contributed by atoms with Gasteiger partial charge in [-0.2, -0.15) is 13.2 Å². The van der Waals surface area contributed by atoms with Crippen molar-refractivity contribution in [3.8, 4) is 17.4 Å². The van der Waals surface area contributed by atoms with Crippen LogP contribution in [0.15, 0.2) is 36.5 Å². The van der Waals surface area contributed by atoms with Gasteiger partial charge in [-0.05, 0) is 89.3 Å². The van der Waals surface area contributed by atoms with Crippen LogP contribution >= 0.6 is 0 Å². The van der Waals surface area contributed by atoms with Crippen molar-refractivity contribution < 1.29 is 59.7 Å². The van der Waals surface area contributed by atoms with Crippen molar-refractivity contribution >= 4 is 44.6 Å². The summed E-state index contributed by atoms with van der Waals surface area (Å²) in [5.41, 5.74) is -4.54. The predicted octanol–water partition coefficient (Wildman–Crippen LogP) is 4.68. The van der Waals surface area contributed by atoms with E-state index in [1.807, 2.05) is 13.0 Å². The second-order valence-electron chi connectivity index (χ2n) is 17.3. The number of aromatic nitrogens is 1. The van der Waals surface area contributed by atoms with Crippen LogP contribution in [0.3, 0.4) is 0 Å². The number of allylic oxidation sites excluding steroid dienone is 1. The number of pyridine rings is 1. The lowest BCUT2D eigenvalue weighted by Crippen LogP contribution is -2.59.